The fourth-order valence-corrected chi connectivity index (χ4v) is 3.53. The van der Waals surface area contributed by atoms with Crippen molar-refractivity contribution in [1.29, 1.82) is 0 Å². The second-order valence-corrected chi connectivity index (χ2v) is 7.73. The lowest BCUT2D eigenvalue weighted by atomic mass is 10.1. The summed E-state index contributed by atoms with van der Waals surface area (Å²) in [5.41, 5.74) is 1.80. The summed E-state index contributed by atoms with van der Waals surface area (Å²) in [5, 5.41) is 0. The van der Waals surface area contributed by atoms with E-state index in [-0.39, 0.29) is 0 Å². The van der Waals surface area contributed by atoms with Crippen molar-refractivity contribution in [2.75, 3.05) is 6.26 Å². The van der Waals surface area contributed by atoms with Crippen LogP contribution in [0.3, 0.4) is 0 Å². The average Bonchev–Trinajstić information content (AvgIpc) is 2.52. The molecule has 2 aromatic heterocycles. The number of nitrogens with zero attached hydrogens (tertiary/aromatic N) is 2. The molecule has 0 saturated heterocycles. The number of aromatic amines is 1. The highest BCUT2D eigenvalue weighted by molar-refractivity contribution is 7.88. The molecule has 110 valence electrons. The van der Waals surface area contributed by atoms with Gasteiger partial charge in [-0.2, -0.15) is 0 Å². The third-order valence-electron chi connectivity index (χ3n) is 2.77. The number of aryl methyl sites for hydroxylation is 1. The molecule has 2 N–H and O–H groups in total. The Kier molecular flexibility index (Phi) is 3.74. The standard InChI is InChI=1S/C12H18N4O2S2/c1-8-5-6-9-10(13-8)16(11(19)14-9)7-12(2,3)15-20(4,17)18/h5-6,15H,7H2,1-4H3,(H,14,19). The number of fused-ring (bicyclic) bond motifs is 1. The molecule has 0 saturated carbocycles. The lowest BCUT2D eigenvalue weighted by molar-refractivity contribution is 0.393. The Labute approximate surface area is 123 Å². The fourth-order valence-electron chi connectivity index (χ4n) is 2.20. The average molecular weight is 314 g/mol. The van der Waals surface area contributed by atoms with E-state index in [1.54, 1.807) is 0 Å². The number of sulfonamides is 1. The molecule has 0 aromatic carbocycles. The minimum atomic E-state index is -3.29. The summed E-state index contributed by atoms with van der Waals surface area (Å²) < 4.78 is 27.8. The van der Waals surface area contributed by atoms with Crippen LogP contribution in [-0.2, 0) is 16.6 Å². The Morgan fingerprint density at radius 1 is 1.45 bits per heavy atom. The van der Waals surface area contributed by atoms with Gasteiger partial charge in [0.15, 0.2) is 10.4 Å². The van der Waals surface area contributed by atoms with Crippen LogP contribution in [0.1, 0.15) is 19.5 Å². The molecule has 0 aliphatic rings. The predicted octanol–water partition coefficient (Wildman–Crippen LogP) is 1.73. The van der Waals surface area contributed by atoms with Gasteiger partial charge in [-0.3, -0.25) is 4.57 Å². The number of nitrogens with one attached hydrogen (secondary N) is 2. The highest BCUT2D eigenvalue weighted by atomic mass is 32.2. The number of rotatable bonds is 4. The van der Waals surface area contributed by atoms with Gasteiger partial charge < -0.3 is 4.98 Å². The highest BCUT2D eigenvalue weighted by Gasteiger charge is 2.24. The predicted molar refractivity (Wildman–Crippen MR) is 81.7 cm³/mol. The summed E-state index contributed by atoms with van der Waals surface area (Å²) in [4.78, 5) is 7.54. The monoisotopic (exact) mass is 314 g/mol. The van der Waals surface area contributed by atoms with Crippen LogP contribution < -0.4 is 4.72 Å². The first-order valence-electron chi connectivity index (χ1n) is 6.12. The summed E-state index contributed by atoms with van der Waals surface area (Å²) in [6.45, 7) is 5.92. The normalized spacial score (nSPS) is 13.0. The zero-order valence-electron chi connectivity index (χ0n) is 11.9. The van der Waals surface area contributed by atoms with Crippen LogP contribution in [0, 0.1) is 11.7 Å². The maximum atomic E-state index is 11.4. The molecule has 0 aliphatic carbocycles. The van der Waals surface area contributed by atoms with Crippen LogP contribution in [0.15, 0.2) is 12.1 Å². The van der Waals surface area contributed by atoms with Gasteiger partial charge >= 0.3 is 0 Å². The molecule has 0 fully saturated rings. The molecule has 0 bridgehead atoms. The largest absolute Gasteiger partial charge is 0.329 e. The lowest BCUT2D eigenvalue weighted by Crippen LogP contribution is -2.46. The maximum Gasteiger partial charge on any atom is 0.209 e. The molecule has 0 atom stereocenters. The third kappa shape index (κ3) is 3.44. The third-order valence-corrected chi connectivity index (χ3v) is 4.02. The highest BCUT2D eigenvalue weighted by Crippen LogP contribution is 2.16. The minimum absolute atomic E-state index is 0.398. The van der Waals surface area contributed by atoms with Gasteiger partial charge in [0.1, 0.15) is 0 Å². The Morgan fingerprint density at radius 3 is 2.70 bits per heavy atom. The van der Waals surface area contributed by atoms with Gasteiger partial charge in [0.2, 0.25) is 10.0 Å². The summed E-state index contributed by atoms with van der Waals surface area (Å²) in [6, 6.07) is 3.82. The van der Waals surface area contributed by atoms with E-state index in [1.165, 1.54) is 0 Å². The van der Waals surface area contributed by atoms with Crippen LogP contribution in [0.2, 0.25) is 0 Å². The molecule has 0 aliphatic heterocycles. The SMILES string of the molecule is Cc1ccc2[nH]c(=S)n(CC(C)(C)NS(C)(=O)=O)c2n1. The van der Waals surface area contributed by atoms with E-state index in [4.69, 9.17) is 12.2 Å². The number of hydrogen-bond donors (Lipinski definition) is 2. The molecule has 0 unspecified atom stereocenters. The molecule has 0 radical (unpaired) electrons. The number of aromatic nitrogens is 3. The summed E-state index contributed by atoms with van der Waals surface area (Å²) in [6.07, 6.45) is 1.14. The fraction of sp³-hybridized carbons (Fsp3) is 0.500. The van der Waals surface area contributed by atoms with Gasteiger partial charge in [-0.05, 0) is 45.1 Å². The zero-order chi connectivity index (χ0) is 15.1. The first-order chi connectivity index (χ1) is 9.07. The molecule has 2 heterocycles. The van der Waals surface area contributed by atoms with E-state index in [9.17, 15) is 8.42 Å². The van der Waals surface area contributed by atoms with Gasteiger partial charge in [-0.15, -0.1) is 0 Å². The quantitative estimate of drug-likeness (QED) is 0.842. The van der Waals surface area contributed by atoms with Gasteiger partial charge in [0, 0.05) is 17.8 Å². The molecule has 8 heteroatoms. The van der Waals surface area contributed by atoms with Crippen molar-refractivity contribution in [1.82, 2.24) is 19.3 Å². The molecular weight excluding hydrogens is 296 g/mol. The summed E-state index contributed by atoms with van der Waals surface area (Å²) in [7, 11) is -3.29. The summed E-state index contributed by atoms with van der Waals surface area (Å²) >= 11 is 5.30. The molecular formula is C12H18N4O2S2. The second kappa shape index (κ2) is 4.94. The molecule has 0 amide bonds. The molecule has 6 nitrogen and oxygen atoms in total. The van der Waals surface area contributed by atoms with E-state index >= 15 is 0 Å². The van der Waals surface area contributed by atoms with Crippen molar-refractivity contribution in [3.8, 4) is 0 Å². The number of hydrogen-bond acceptors (Lipinski definition) is 4. The first kappa shape index (κ1) is 15.1. The molecule has 2 rings (SSSR count). The Balaban J connectivity index is 2.46. The number of pyridine rings is 1. The second-order valence-electron chi connectivity index (χ2n) is 5.60. The number of H-pyrrole nitrogens is 1. The minimum Gasteiger partial charge on any atom is -0.329 e. The van der Waals surface area contributed by atoms with Crippen molar-refractivity contribution in [2.45, 2.75) is 32.9 Å². The van der Waals surface area contributed by atoms with Crippen molar-refractivity contribution in [3.05, 3.63) is 22.6 Å². The molecule has 20 heavy (non-hydrogen) atoms. The number of imidazole rings is 1. The molecule has 2 aromatic rings. The van der Waals surface area contributed by atoms with E-state index in [1.807, 2.05) is 37.5 Å². The lowest BCUT2D eigenvalue weighted by Gasteiger charge is -2.25. The summed E-state index contributed by atoms with van der Waals surface area (Å²) in [5.74, 6) is 0. The van der Waals surface area contributed by atoms with Crippen LogP contribution in [0.25, 0.3) is 11.2 Å². The van der Waals surface area contributed by atoms with Crippen LogP contribution in [0.4, 0.5) is 0 Å². The smallest absolute Gasteiger partial charge is 0.209 e. The van der Waals surface area contributed by atoms with Crippen LogP contribution >= 0.6 is 12.2 Å². The topological polar surface area (TPSA) is 79.8 Å². The molecule has 0 spiro atoms. The van der Waals surface area contributed by atoms with E-state index in [0.717, 1.165) is 23.1 Å². The van der Waals surface area contributed by atoms with Crippen molar-refractivity contribution >= 4 is 33.4 Å². The van der Waals surface area contributed by atoms with Gasteiger partial charge in [-0.1, -0.05) is 0 Å². The van der Waals surface area contributed by atoms with E-state index in [2.05, 4.69) is 14.7 Å². The van der Waals surface area contributed by atoms with Crippen LogP contribution in [-0.4, -0.2) is 34.7 Å². The van der Waals surface area contributed by atoms with E-state index < -0.39 is 15.6 Å². The van der Waals surface area contributed by atoms with Crippen molar-refractivity contribution < 1.29 is 8.42 Å². The van der Waals surface area contributed by atoms with Crippen molar-refractivity contribution in [2.24, 2.45) is 0 Å². The maximum absolute atomic E-state index is 11.4. The zero-order valence-corrected chi connectivity index (χ0v) is 13.5. The first-order valence-corrected chi connectivity index (χ1v) is 8.42. The van der Waals surface area contributed by atoms with Gasteiger partial charge in [0.05, 0.1) is 11.8 Å². The Morgan fingerprint density at radius 2 is 2.10 bits per heavy atom. The Hall–Kier alpha value is -1.25. The van der Waals surface area contributed by atoms with Gasteiger partial charge in [0.25, 0.3) is 0 Å². The van der Waals surface area contributed by atoms with Gasteiger partial charge in [-0.25, -0.2) is 18.1 Å². The van der Waals surface area contributed by atoms with E-state index in [0.29, 0.717) is 11.3 Å². The van der Waals surface area contributed by atoms with Crippen molar-refractivity contribution in [3.63, 3.8) is 0 Å². The Bertz CT molecular complexity index is 802. The van der Waals surface area contributed by atoms with Crippen LogP contribution in [0.5, 0.6) is 0 Å².